The number of amides is 2. The molecule has 0 aromatic rings. The predicted molar refractivity (Wildman–Crippen MR) is 65.8 cm³/mol. The summed E-state index contributed by atoms with van der Waals surface area (Å²) in [4.78, 5) is 25.4. The van der Waals surface area contributed by atoms with Crippen molar-refractivity contribution in [3.8, 4) is 0 Å². The fourth-order valence-electron chi connectivity index (χ4n) is 2.61. The quantitative estimate of drug-likeness (QED) is 0.641. The number of piperidine rings is 1. The minimum Gasteiger partial charge on any atom is -0.444 e. The van der Waals surface area contributed by atoms with Crippen molar-refractivity contribution in [1.82, 2.24) is 10.2 Å². The summed E-state index contributed by atoms with van der Waals surface area (Å²) in [6, 6.07) is -0.508. The number of hydrogen-bond acceptors (Lipinski definition) is 4. The molecule has 0 aromatic carbocycles. The number of carbonyl (C=O) groups excluding carboxylic acids is 2. The Morgan fingerprint density at radius 3 is 2.78 bits per heavy atom. The third kappa shape index (κ3) is 2.58. The molecular formula is C12H21N3O3. The van der Waals surface area contributed by atoms with Gasteiger partial charge in [0.15, 0.2) is 0 Å². The first-order valence-electron chi connectivity index (χ1n) is 6.31. The highest BCUT2D eigenvalue weighted by atomic mass is 16.6. The van der Waals surface area contributed by atoms with Crippen LogP contribution in [0.5, 0.6) is 0 Å². The summed E-state index contributed by atoms with van der Waals surface area (Å²) in [6.45, 7) is 6.39. The first-order chi connectivity index (χ1) is 8.28. The Kier molecular flexibility index (Phi) is 3.23. The van der Waals surface area contributed by atoms with Crippen molar-refractivity contribution in [2.45, 2.75) is 44.9 Å². The number of rotatable bonds is 0. The fraction of sp³-hybridized carbons (Fsp3) is 0.833. The summed E-state index contributed by atoms with van der Waals surface area (Å²) >= 11 is 0. The molecule has 3 N–H and O–H groups in total. The van der Waals surface area contributed by atoms with Crippen LogP contribution in [0, 0.1) is 5.92 Å². The Balaban J connectivity index is 2.14. The molecule has 2 saturated heterocycles. The summed E-state index contributed by atoms with van der Waals surface area (Å²) in [7, 11) is 0. The van der Waals surface area contributed by atoms with Gasteiger partial charge in [-0.1, -0.05) is 0 Å². The van der Waals surface area contributed by atoms with Crippen molar-refractivity contribution >= 4 is 12.0 Å². The van der Waals surface area contributed by atoms with Crippen molar-refractivity contribution < 1.29 is 14.3 Å². The fourth-order valence-corrected chi connectivity index (χ4v) is 2.61. The summed E-state index contributed by atoms with van der Waals surface area (Å²) in [6.07, 6.45) is 0.313. The van der Waals surface area contributed by atoms with Crippen molar-refractivity contribution in [3.63, 3.8) is 0 Å². The van der Waals surface area contributed by atoms with Gasteiger partial charge in [-0.05, 0) is 27.2 Å². The van der Waals surface area contributed by atoms with Gasteiger partial charge < -0.3 is 15.8 Å². The van der Waals surface area contributed by atoms with Crippen LogP contribution < -0.4 is 11.1 Å². The monoisotopic (exact) mass is 255 g/mol. The van der Waals surface area contributed by atoms with Gasteiger partial charge in [-0.15, -0.1) is 0 Å². The van der Waals surface area contributed by atoms with E-state index in [0.717, 1.165) is 6.42 Å². The Bertz CT molecular complexity index is 364. The molecule has 18 heavy (non-hydrogen) atoms. The van der Waals surface area contributed by atoms with Gasteiger partial charge in [-0.25, -0.2) is 4.79 Å². The summed E-state index contributed by atoms with van der Waals surface area (Å²) in [5.74, 6) is 0.00604. The van der Waals surface area contributed by atoms with Gasteiger partial charge in [0.25, 0.3) is 0 Å². The molecule has 0 unspecified atom stereocenters. The normalized spacial score (nSPS) is 31.9. The number of nitrogens with zero attached hydrogens (tertiary/aromatic N) is 1. The van der Waals surface area contributed by atoms with Crippen LogP contribution >= 0.6 is 0 Å². The Hall–Kier alpha value is -1.30. The summed E-state index contributed by atoms with van der Waals surface area (Å²) < 4.78 is 5.33. The van der Waals surface area contributed by atoms with Gasteiger partial charge >= 0.3 is 6.09 Å². The molecule has 0 spiro atoms. The van der Waals surface area contributed by atoms with E-state index in [2.05, 4.69) is 5.32 Å². The number of hydrogen-bond donors (Lipinski definition) is 2. The number of nitrogens with two attached hydrogens (primary N) is 1. The lowest BCUT2D eigenvalue weighted by molar-refractivity contribution is -0.125. The number of fused-ring (bicyclic) bond motifs is 1. The number of likely N-dealkylation sites (tertiary alicyclic amines) is 1. The maximum Gasteiger partial charge on any atom is 0.411 e. The van der Waals surface area contributed by atoms with Crippen molar-refractivity contribution in [3.05, 3.63) is 0 Å². The highest BCUT2D eigenvalue weighted by Crippen LogP contribution is 2.28. The molecule has 0 bridgehead atoms. The van der Waals surface area contributed by atoms with Gasteiger partial charge in [0.1, 0.15) is 11.6 Å². The van der Waals surface area contributed by atoms with Gasteiger partial charge in [-0.2, -0.15) is 0 Å². The minimum atomic E-state index is -0.566. The topological polar surface area (TPSA) is 84.7 Å². The SMILES string of the molecule is CC(C)(C)OC(=O)N1C[C@@H](N)C[C@@H]2CNC(=O)[C@@H]21. The Morgan fingerprint density at radius 1 is 1.50 bits per heavy atom. The smallest absolute Gasteiger partial charge is 0.411 e. The molecule has 3 atom stereocenters. The molecule has 0 radical (unpaired) electrons. The molecule has 6 heteroatoms. The van der Waals surface area contributed by atoms with Crippen LogP contribution in [0.25, 0.3) is 0 Å². The molecule has 2 rings (SSSR count). The zero-order chi connectivity index (χ0) is 13.5. The van der Waals surface area contributed by atoms with Crippen LogP contribution in [0.1, 0.15) is 27.2 Å². The second-order valence-electron chi connectivity index (χ2n) is 6.08. The van der Waals surface area contributed by atoms with Crippen molar-refractivity contribution in [2.75, 3.05) is 13.1 Å². The highest BCUT2D eigenvalue weighted by molar-refractivity contribution is 5.88. The predicted octanol–water partition coefficient (Wildman–Crippen LogP) is 0.0691. The van der Waals surface area contributed by atoms with E-state index in [1.54, 1.807) is 20.8 Å². The third-order valence-electron chi connectivity index (χ3n) is 3.25. The van der Waals surface area contributed by atoms with Crippen LogP contribution in [0.2, 0.25) is 0 Å². The molecule has 2 fully saturated rings. The van der Waals surface area contributed by atoms with Gasteiger partial charge in [0.05, 0.1) is 0 Å². The molecule has 2 amide bonds. The molecule has 2 heterocycles. The van der Waals surface area contributed by atoms with E-state index in [-0.39, 0.29) is 17.9 Å². The largest absolute Gasteiger partial charge is 0.444 e. The first-order valence-corrected chi connectivity index (χ1v) is 6.31. The van der Waals surface area contributed by atoms with E-state index in [1.807, 2.05) is 0 Å². The van der Waals surface area contributed by atoms with E-state index in [1.165, 1.54) is 4.90 Å². The maximum absolute atomic E-state index is 12.1. The van der Waals surface area contributed by atoms with Crippen LogP contribution in [-0.4, -0.2) is 47.7 Å². The minimum absolute atomic E-state index is 0.0912. The summed E-state index contributed by atoms with van der Waals surface area (Å²) in [5.41, 5.74) is 5.37. The average molecular weight is 255 g/mol. The highest BCUT2D eigenvalue weighted by Gasteiger charge is 2.46. The lowest BCUT2D eigenvalue weighted by Crippen LogP contribution is -2.57. The Labute approximate surface area is 107 Å². The van der Waals surface area contributed by atoms with Crippen molar-refractivity contribution in [1.29, 1.82) is 0 Å². The van der Waals surface area contributed by atoms with E-state index in [9.17, 15) is 9.59 Å². The third-order valence-corrected chi connectivity index (χ3v) is 3.25. The molecule has 0 aromatic heterocycles. The maximum atomic E-state index is 12.1. The molecule has 2 aliphatic rings. The molecule has 0 saturated carbocycles. The van der Waals surface area contributed by atoms with Crippen LogP contribution in [0.4, 0.5) is 4.79 Å². The van der Waals surface area contributed by atoms with Crippen LogP contribution in [-0.2, 0) is 9.53 Å². The Morgan fingerprint density at radius 2 is 2.17 bits per heavy atom. The molecule has 102 valence electrons. The second kappa shape index (κ2) is 4.42. The van der Waals surface area contributed by atoms with E-state index >= 15 is 0 Å². The standard InChI is InChI=1S/C12H21N3O3/c1-12(2,3)18-11(17)15-6-8(13)4-7-5-14-10(16)9(7)15/h7-9H,4-6,13H2,1-3H3,(H,14,16)/t7-,8+,9-/m1/s1. The molecular weight excluding hydrogens is 234 g/mol. The number of ether oxygens (including phenoxy) is 1. The van der Waals surface area contributed by atoms with E-state index < -0.39 is 17.7 Å². The van der Waals surface area contributed by atoms with E-state index in [0.29, 0.717) is 13.1 Å². The second-order valence-corrected chi connectivity index (χ2v) is 6.08. The zero-order valence-electron chi connectivity index (χ0n) is 11.1. The van der Waals surface area contributed by atoms with Crippen molar-refractivity contribution in [2.24, 2.45) is 11.7 Å². The lowest BCUT2D eigenvalue weighted by atomic mass is 9.89. The van der Waals surface area contributed by atoms with Crippen LogP contribution in [0.15, 0.2) is 0 Å². The zero-order valence-corrected chi connectivity index (χ0v) is 11.1. The number of carbonyl (C=O) groups is 2. The van der Waals surface area contributed by atoms with Gasteiger partial charge in [0.2, 0.25) is 5.91 Å². The molecule has 6 nitrogen and oxygen atoms in total. The lowest BCUT2D eigenvalue weighted by Gasteiger charge is -2.39. The molecule has 0 aliphatic carbocycles. The molecule has 2 aliphatic heterocycles. The number of nitrogens with one attached hydrogen (secondary N) is 1. The van der Waals surface area contributed by atoms with Gasteiger partial charge in [0, 0.05) is 25.0 Å². The van der Waals surface area contributed by atoms with E-state index in [4.69, 9.17) is 10.5 Å². The van der Waals surface area contributed by atoms with Crippen LogP contribution in [0.3, 0.4) is 0 Å². The first kappa shape index (κ1) is 13.1. The van der Waals surface area contributed by atoms with Gasteiger partial charge in [-0.3, -0.25) is 9.69 Å². The average Bonchev–Trinajstić information content (AvgIpc) is 2.56. The summed E-state index contributed by atoms with van der Waals surface area (Å²) in [5, 5.41) is 2.79.